The highest BCUT2D eigenvalue weighted by atomic mass is 32.2. The van der Waals surface area contributed by atoms with E-state index in [1.54, 1.807) is 32.5 Å². The Bertz CT molecular complexity index is 896. The molecule has 138 valence electrons. The number of aromatic nitrogens is 1. The van der Waals surface area contributed by atoms with Crippen LogP contribution < -0.4 is 5.56 Å². The lowest BCUT2D eigenvalue weighted by molar-refractivity contribution is -0.155. The number of rotatable bonds is 5. The van der Waals surface area contributed by atoms with Crippen LogP contribution in [0.4, 0.5) is 0 Å². The average molecular weight is 375 g/mol. The molecule has 0 saturated heterocycles. The van der Waals surface area contributed by atoms with Crippen molar-refractivity contribution < 1.29 is 19.4 Å². The van der Waals surface area contributed by atoms with Crippen LogP contribution in [0.1, 0.15) is 31.1 Å². The van der Waals surface area contributed by atoms with Crippen LogP contribution >= 0.6 is 11.8 Å². The first kappa shape index (κ1) is 19.8. The summed E-state index contributed by atoms with van der Waals surface area (Å²) in [6.45, 7) is 4.81. The number of carboxylic acids is 1. The Balaban J connectivity index is 2.51. The number of hydrogen-bond acceptors (Lipinski definition) is 5. The Kier molecular flexibility index (Phi) is 5.92. The zero-order chi connectivity index (χ0) is 19.5. The molecule has 7 heteroatoms. The van der Waals surface area contributed by atoms with Crippen LogP contribution in [0.15, 0.2) is 46.2 Å². The van der Waals surface area contributed by atoms with Gasteiger partial charge in [-0.1, -0.05) is 12.1 Å². The van der Waals surface area contributed by atoms with Crippen LogP contribution in [0.3, 0.4) is 0 Å². The lowest BCUT2D eigenvalue weighted by Crippen LogP contribution is -2.32. The summed E-state index contributed by atoms with van der Waals surface area (Å²) in [5.41, 5.74) is -0.520. The van der Waals surface area contributed by atoms with E-state index in [9.17, 15) is 19.5 Å². The summed E-state index contributed by atoms with van der Waals surface area (Å²) in [4.78, 5) is 36.9. The Morgan fingerprint density at radius 2 is 1.88 bits per heavy atom. The molecule has 0 spiro atoms. The van der Waals surface area contributed by atoms with Gasteiger partial charge in [-0.15, -0.1) is 11.8 Å². The smallest absolute Gasteiger partial charge is 0.341 e. The summed E-state index contributed by atoms with van der Waals surface area (Å²) in [6.07, 6.45) is 3.42. The summed E-state index contributed by atoms with van der Waals surface area (Å²) >= 11 is 1.55. The summed E-state index contributed by atoms with van der Waals surface area (Å²) in [5, 5.41) is 9.35. The fourth-order valence-corrected chi connectivity index (χ4v) is 2.84. The predicted molar refractivity (Wildman–Crippen MR) is 101 cm³/mol. The summed E-state index contributed by atoms with van der Waals surface area (Å²) in [6, 6.07) is 8.83. The second-order valence-corrected chi connectivity index (χ2v) is 7.58. The molecule has 0 amide bonds. The molecule has 1 heterocycles. The molecular formula is C19H21NO5S. The lowest BCUT2D eigenvalue weighted by Gasteiger charge is -2.20. The lowest BCUT2D eigenvalue weighted by atomic mass is 10.1. The molecule has 0 radical (unpaired) electrons. The van der Waals surface area contributed by atoms with Crippen LogP contribution in [0.25, 0.3) is 11.1 Å². The van der Waals surface area contributed by atoms with Crippen molar-refractivity contribution in [3.8, 4) is 11.1 Å². The molecule has 26 heavy (non-hydrogen) atoms. The van der Waals surface area contributed by atoms with Gasteiger partial charge in [0.15, 0.2) is 0 Å². The monoisotopic (exact) mass is 375 g/mol. The normalized spacial score (nSPS) is 11.2. The third-order valence-electron chi connectivity index (χ3n) is 3.44. The van der Waals surface area contributed by atoms with Gasteiger partial charge >= 0.3 is 11.9 Å². The molecule has 0 aliphatic carbocycles. The van der Waals surface area contributed by atoms with Gasteiger partial charge in [0, 0.05) is 11.1 Å². The van der Waals surface area contributed by atoms with Gasteiger partial charge in [0.05, 0.1) is 0 Å². The quantitative estimate of drug-likeness (QED) is 0.638. The Morgan fingerprint density at radius 1 is 1.19 bits per heavy atom. The molecule has 0 fully saturated rings. The number of pyridine rings is 1. The first-order valence-corrected chi connectivity index (χ1v) is 9.17. The van der Waals surface area contributed by atoms with Crippen molar-refractivity contribution in [1.29, 1.82) is 0 Å². The summed E-state index contributed by atoms with van der Waals surface area (Å²) in [5.74, 6) is -1.94. The van der Waals surface area contributed by atoms with Crippen LogP contribution in [-0.2, 0) is 16.1 Å². The van der Waals surface area contributed by atoms with E-state index in [1.807, 2.05) is 30.5 Å². The standard InChI is InChI=1S/C19H21NO5S/c1-19(2,3)25-16(21)11-20-10-13(9-15(17(20)22)18(23)24)12-6-5-7-14(8-12)26-4/h5-10H,11H2,1-4H3,(H,23,24). The highest BCUT2D eigenvalue weighted by Crippen LogP contribution is 2.24. The number of aromatic carboxylic acids is 1. The van der Waals surface area contributed by atoms with Crippen LogP contribution in [-0.4, -0.2) is 33.5 Å². The molecule has 0 bridgehead atoms. The third-order valence-corrected chi connectivity index (χ3v) is 4.16. The van der Waals surface area contributed by atoms with E-state index >= 15 is 0 Å². The molecule has 1 N–H and O–H groups in total. The number of hydrogen-bond donors (Lipinski definition) is 1. The van der Waals surface area contributed by atoms with Crippen molar-refractivity contribution in [2.75, 3.05) is 6.26 Å². The van der Waals surface area contributed by atoms with Gasteiger partial charge in [0.2, 0.25) is 0 Å². The minimum atomic E-state index is -1.34. The Labute approximate surface area is 155 Å². The maximum absolute atomic E-state index is 12.4. The fraction of sp³-hybridized carbons (Fsp3) is 0.316. The highest BCUT2D eigenvalue weighted by Gasteiger charge is 2.20. The van der Waals surface area contributed by atoms with Crippen LogP contribution in [0, 0.1) is 0 Å². The van der Waals surface area contributed by atoms with Crippen molar-refractivity contribution >= 4 is 23.7 Å². The topological polar surface area (TPSA) is 85.6 Å². The van der Waals surface area contributed by atoms with Gasteiger partial charge in [0.25, 0.3) is 5.56 Å². The first-order valence-electron chi connectivity index (χ1n) is 7.95. The Hall–Kier alpha value is -2.54. The zero-order valence-corrected chi connectivity index (χ0v) is 15.9. The summed E-state index contributed by atoms with van der Waals surface area (Å²) in [7, 11) is 0. The van der Waals surface area contributed by atoms with Crippen LogP contribution in [0.5, 0.6) is 0 Å². The van der Waals surface area contributed by atoms with E-state index in [4.69, 9.17) is 4.74 Å². The Morgan fingerprint density at radius 3 is 2.46 bits per heavy atom. The fourth-order valence-electron chi connectivity index (χ4n) is 2.38. The number of esters is 1. The van der Waals surface area contributed by atoms with Crippen molar-refractivity contribution in [3.05, 3.63) is 52.4 Å². The molecule has 1 aromatic carbocycles. The molecule has 0 atom stereocenters. The van der Waals surface area contributed by atoms with Crippen molar-refractivity contribution in [2.45, 2.75) is 37.8 Å². The number of benzene rings is 1. The number of carboxylic acid groups (broad SMARTS) is 1. The molecular weight excluding hydrogens is 354 g/mol. The second kappa shape index (κ2) is 7.78. The van der Waals surface area contributed by atoms with Crippen LogP contribution in [0.2, 0.25) is 0 Å². The number of ether oxygens (including phenoxy) is 1. The molecule has 0 aliphatic rings. The molecule has 0 aliphatic heterocycles. The number of thioether (sulfide) groups is 1. The summed E-state index contributed by atoms with van der Waals surface area (Å²) < 4.78 is 6.31. The molecule has 6 nitrogen and oxygen atoms in total. The molecule has 0 unspecified atom stereocenters. The van der Waals surface area contributed by atoms with E-state index in [0.717, 1.165) is 15.0 Å². The van der Waals surface area contributed by atoms with Gasteiger partial charge in [-0.25, -0.2) is 4.79 Å². The second-order valence-electron chi connectivity index (χ2n) is 6.70. The number of carbonyl (C=O) groups excluding carboxylic acids is 1. The average Bonchev–Trinajstić information content (AvgIpc) is 2.54. The largest absolute Gasteiger partial charge is 0.477 e. The van der Waals surface area contributed by atoms with Gasteiger partial charge in [-0.05, 0) is 56.4 Å². The van der Waals surface area contributed by atoms with E-state index in [-0.39, 0.29) is 12.1 Å². The minimum absolute atomic E-state index is 0.355. The zero-order valence-electron chi connectivity index (χ0n) is 15.1. The first-order chi connectivity index (χ1) is 12.1. The maximum atomic E-state index is 12.4. The van der Waals surface area contributed by atoms with E-state index in [2.05, 4.69) is 0 Å². The minimum Gasteiger partial charge on any atom is -0.477 e. The molecule has 1 aromatic heterocycles. The number of nitrogens with zero attached hydrogens (tertiary/aromatic N) is 1. The SMILES string of the molecule is CSc1cccc(-c2cc(C(=O)O)c(=O)n(CC(=O)OC(C)(C)C)c2)c1. The van der Waals surface area contributed by atoms with Gasteiger partial charge in [0.1, 0.15) is 17.7 Å². The van der Waals surface area contributed by atoms with Crippen molar-refractivity contribution in [1.82, 2.24) is 4.57 Å². The van der Waals surface area contributed by atoms with E-state index in [0.29, 0.717) is 5.56 Å². The molecule has 2 rings (SSSR count). The van der Waals surface area contributed by atoms with Gasteiger partial charge in [-0.2, -0.15) is 0 Å². The maximum Gasteiger partial charge on any atom is 0.341 e. The van der Waals surface area contributed by atoms with Gasteiger partial charge < -0.3 is 14.4 Å². The molecule has 0 saturated carbocycles. The molecule has 2 aromatic rings. The van der Waals surface area contributed by atoms with Crippen molar-refractivity contribution in [2.24, 2.45) is 0 Å². The third kappa shape index (κ3) is 4.98. The van der Waals surface area contributed by atoms with Gasteiger partial charge in [-0.3, -0.25) is 9.59 Å². The van der Waals surface area contributed by atoms with E-state index in [1.165, 1.54) is 12.3 Å². The highest BCUT2D eigenvalue weighted by molar-refractivity contribution is 7.98. The van der Waals surface area contributed by atoms with E-state index < -0.39 is 23.1 Å². The number of carbonyl (C=O) groups is 2. The predicted octanol–water partition coefficient (Wildman–Crippen LogP) is 3.28. The van der Waals surface area contributed by atoms with Crippen molar-refractivity contribution in [3.63, 3.8) is 0 Å².